The van der Waals surface area contributed by atoms with Crippen LogP contribution in [0.25, 0.3) is 0 Å². The Hall–Kier alpha value is -3.70. The zero-order valence-corrected chi connectivity index (χ0v) is 21.6. The first-order valence-electron chi connectivity index (χ1n) is 11.7. The van der Waals surface area contributed by atoms with Crippen LogP contribution in [0.4, 0.5) is 13.2 Å². The van der Waals surface area contributed by atoms with Gasteiger partial charge in [-0.15, -0.1) is 11.3 Å². The van der Waals surface area contributed by atoms with Crippen LogP contribution in [0.2, 0.25) is 0 Å². The van der Waals surface area contributed by atoms with E-state index in [9.17, 15) is 22.8 Å². The number of para-hydroxylation sites is 1. The molecule has 2 heterocycles. The number of carbonyl (C=O) groups is 2. The number of thiophene rings is 1. The van der Waals surface area contributed by atoms with Crippen molar-refractivity contribution in [2.24, 2.45) is 5.10 Å². The predicted molar refractivity (Wildman–Crippen MR) is 137 cm³/mol. The molecule has 0 fully saturated rings. The van der Waals surface area contributed by atoms with Crippen molar-refractivity contribution in [3.05, 3.63) is 87.6 Å². The van der Waals surface area contributed by atoms with Crippen LogP contribution in [0.3, 0.4) is 0 Å². The molecule has 0 N–H and O–H groups in total. The molecule has 38 heavy (non-hydrogen) atoms. The highest BCUT2D eigenvalue weighted by Crippen LogP contribution is 2.38. The number of hydrogen-bond acceptors (Lipinski definition) is 6. The van der Waals surface area contributed by atoms with Crippen molar-refractivity contribution >= 4 is 28.9 Å². The van der Waals surface area contributed by atoms with Gasteiger partial charge < -0.3 is 14.4 Å². The van der Waals surface area contributed by atoms with E-state index in [1.165, 1.54) is 28.4 Å². The van der Waals surface area contributed by atoms with Gasteiger partial charge in [0.05, 0.1) is 35.9 Å². The molecule has 1 aromatic heterocycles. The lowest BCUT2D eigenvalue weighted by molar-refractivity contribution is -0.137. The second-order valence-corrected chi connectivity index (χ2v) is 9.47. The maximum absolute atomic E-state index is 13.6. The van der Waals surface area contributed by atoms with Crippen LogP contribution < -0.4 is 4.74 Å². The van der Waals surface area contributed by atoms with Gasteiger partial charge in [0.2, 0.25) is 0 Å². The normalized spacial score (nSPS) is 15.3. The van der Waals surface area contributed by atoms with Crippen LogP contribution in [0, 0.1) is 0 Å². The number of hydrogen-bond donors (Lipinski definition) is 0. The Morgan fingerprint density at radius 2 is 1.82 bits per heavy atom. The smallest absolute Gasteiger partial charge is 0.416 e. The number of hydrazone groups is 1. The SMILES string of the molecule is COCCN(CC(=O)N1N=C(c2cccs2)C[C@H]1c1ccccc1OC)C(=O)c1ccc(C(F)(F)F)cc1. The minimum atomic E-state index is -4.52. The molecule has 0 spiro atoms. The number of carbonyl (C=O) groups excluding carboxylic acids is 2. The van der Waals surface area contributed by atoms with E-state index in [1.54, 1.807) is 13.2 Å². The summed E-state index contributed by atoms with van der Waals surface area (Å²) in [5.41, 5.74) is 0.686. The van der Waals surface area contributed by atoms with Gasteiger partial charge in [0.1, 0.15) is 12.3 Å². The molecule has 0 saturated carbocycles. The van der Waals surface area contributed by atoms with E-state index >= 15 is 0 Å². The third kappa shape index (κ3) is 6.05. The van der Waals surface area contributed by atoms with Gasteiger partial charge in [-0.05, 0) is 41.8 Å². The highest BCUT2D eigenvalue weighted by atomic mass is 32.1. The number of halogens is 3. The van der Waals surface area contributed by atoms with Crippen LogP contribution in [0.15, 0.2) is 71.1 Å². The first-order chi connectivity index (χ1) is 18.2. The second kappa shape index (κ2) is 11.8. The minimum absolute atomic E-state index is 0.0346. The van der Waals surface area contributed by atoms with Crippen molar-refractivity contribution < 1.29 is 32.2 Å². The summed E-state index contributed by atoms with van der Waals surface area (Å²) < 4.78 is 49.6. The van der Waals surface area contributed by atoms with Crippen molar-refractivity contribution in [1.82, 2.24) is 9.91 Å². The molecule has 11 heteroatoms. The summed E-state index contributed by atoms with van der Waals surface area (Å²) in [6.45, 7) is -0.133. The Labute approximate surface area is 222 Å². The fraction of sp³-hybridized carbons (Fsp3) is 0.296. The zero-order chi connectivity index (χ0) is 27.3. The standard InChI is InChI=1S/C27H26F3N3O4S/c1-36-14-13-32(26(35)18-9-11-19(12-10-18)27(28,29)30)17-25(34)33-22(20-6-3-4-7-23(20)37-2)16-21(31-33)24-8-5-15-38-24/h3-12,15,22H,13-14,16-17H2,1-2H3/t22-/m0/s1. The van der Waals surface area contributed by atoms with Crippen molar-refractivity contribution in [2.75, 3.05) is 33.9 Å². The summed E-state index contributed by atoms with van der Waals surface area (Å²) in [7, 11) is 3.01. The molecule has 7 nitrogen and oxygen atoms in total. The minimum Gasteiger partial charge on any atom is -0.496 e. The molecular weight excluding hydrogens is 519 g/mol. The number of alkyl halides is 3. The van der Waals surface area contributed by atoms with Crippen LogP contribution in [-0.4, -0.2) is 61.4 Å². The maximum atomic E-state index is 13.6. The summed E-state index contributed by atoms with van der Waals surface area (Å²) in [5, 5.41) is 7.92. The average Bonchev–Trinajstić information content (AvgIpc) is 3.60. The van der Waals surface area contributed by atoms with E-state index in [0.29, 0.717) is 12.2 Å². The van der Waals surface area contributed by atoms with Gasteiger partial charge in [0, 0.05) is 31.2 Å². The van der Waals surface area contributed by atoms with Gasteiger partial charge in [0.25, 0.3) is 11.8 Å². The molecule has 0 radical (unpaired) electrons. The van der Waals surface area contributed by atoms with Crippen LogP contribution in [-0.2, 0) is 15.7 Å². The molecular formula is C27H26F3N3O4S. The summed E-state index contributed by atoms with van der Waals surface area (Å²) in [6, 6.07) is 14.6. The molecule has 4 rings (SSSR count). The van der Waals surface area contributed by atoms with Gasteiger partial charge in [0.15, 0.2) is 0 Å². The van der Waals surface area contributed by atoms with Gasteiger partial charge in [-0.3, -0.25) is 9.59 Å². The Kier molecular flexibility index (Phi) is 8.48. The molecule has 0 unspecified atom stereocenters. The third-order valence-corrected chi connectivity index (χ3v) is 7.03. The van der Waals surface area contributed by atoms with E-state index in [-0.39, 0.29) is 25.3 Å². The first-order valence-corrected chi connectivity index (χ1v) is 12.6. The lowest BCUT2D eigenvalue weighted by Gasteiger charge is -2.27. The van der Waals surface area contributed by atoms with Crippen LogP contribution in [0.5, 0.6) is 5.75 Å². The summed E-state index contributed by atoms with van der Waals surface area (Å²) in [5.74, 6) is -0.418. The molecule has 1 aliphatic heterocycles. The zero-order valence-electron chi connectivity index (χ0n) is 20.8. The molecule has 0 bridgehead atoms. The molecule has 2 aromatic carbocycles. The number of amides is 2. The average molecular weight is 546 g/mol. The third-order valence-electron chi connectivity index (χ3n) is 6.11. The molecule has 2 amide bonds. The Morgan fingerprint density at radius 1 is 1.08 bits per heavy atom. The topological polar surface area (TPSA) is 71.4 Å². The quantitative estimate of drug-likeness (QED) is 0.369. The van der Waals surface area contributed by atoms with Crippen LogP contribution >= 0.6 is 11.3 Å². The first kappa shape index (κ1) is 27.3. The van der Waals surface area contributed by atoms with Crippen molar-refractivity contribution in [3.8, 4) is 5.75 Å². The summed E-state index contributed by atoms with van der Waals surface area (Å²) in [4.78, 5) is 29.1. The number of benzene rings is 2. The second-order valence-electron chi connectivity index (χ2n) is 8.52. The van der Waals surface area contributed by atoms with Gasteiger partial charge in [-0.2, -0.15) is 18.3 Å². The van der Waals surface area contributed by atoms with Gasteiger partial charge in [-0.25, -0.2) is 5.01 Å². The Bertz CT molecular complexity index is 1290. The fourth-order valence-electron chi connectivity index (χ4n) is 4.19. The predicted octanol–water partition coefficient (Wildman–Crippen LogP) is 5.24. The van der Waals surface area contributed by atoms with E-state index < -0.39 is 29.6 Å². The van der Waals surface area contributed by atoms with Gasteiger partial charge in [-0.1, -0.05) is 24.3 Å². The molecule has 1 aliphatic rings. The summed E-state index contributed by atoms with van der Waals surface area (Å²) >= 11 is 1.51. The lowest BCUT2D eigenvalue weighted by atomic mass is 10.00. The number of nitrogens with zero attached hydrogens (tertiary/aromatic N) is 3. The van der Waals surface area contributed by atoms with Crippen molar-refractivity contribution in [2.45, 2.75) is 18.6 Å². The Balaban J connectivity index is 1.61. The van der Waals surface area contributed by atoms with E-state index in [1.807, 2.05) is 35.7 Å². The van der Waals surface area contributed by atoms with Crippen molar-refractivity contribution in [1.29, 1.82) is 0 Å². The largest absolute Gasteiger partial charge is 0.496 e. The van der Waals surface area contributed by atoms with Crippen LogP contribution in [0.1, 0.15) is 38.8 Å². The number of methoxy groups -OCH3 is 2. The highest BCUT2D eigenvalue weighted by molar-refractivity contribution is 7.12. The summed E-state index contributed by atoms with van der Waals surface area (Å²) in [6.07, 6.45) is -4.06. The number of ether oxygens (including phenoxy) is 2. The van der Waals surface area contributed by atoms with E-state index in [2.05, 4.69) is 5.10 Å². The molecule has 1 atom stereocenters. The maximum Gasteiger partial charge on any atom is 0.416 e. The molecule has 3 aromatic rings. The monoisotopic (exact) mass is 545 g/mol. The molecule has 0 saturated heterocycles. The highest BCUT2D eigenvalue weighted by Gasteiger charge is 2.36. The van der Waals surface area contributed by atoms with Crippen molar-refractivity contribution in [3.63, 3.8) is 0 Å². The fourth-order valence-corrected chi connectivity index (χ4v) is 4.91. The van der Waals surface area contributed by atoms with E-state index in [4.69, 9.17) is 9.47 Å². The molecule has 200 valence electrons. The number of rotatable bonds is 9. The lowest BCUT2D eigenvalue weighted by Crippen LogP contribution is -2.42. The Morgan fingerprint density at radius 3 is 2.45 bits per heavy atom. The molecule has 0 aliphatic carbocycles. The van der Waals surface area contributed by atoms with Gasteiger partial charge >= 0.3 is 6.18 Å². The van der Waals surface area contributed by atoms with E-state index in [0.717, 1.165) is 40.4 Å².